The average Bonchev–Trinajstić information content (AvgIpc) is 3.24. The molecule has 0 N–H and O–H groups in total. The molecular formula is C19H17N3O3S. The molecule has 0 unspecified atom stereocenters. The third kappa shape index (κ3) is 3.16. The van der Waals surface area contributed by atoms with Gasteiger partial charge >= 0.3 is 0 Å². The zero-order chi connectivity index (χ0) is 17.3. The highest BCUT2D eigenvalue weighted by Gasteiger charge is 2.14. The van der Waals surface area contributed by atoms with Crippen molar-refractivity contribution in [2.24, 2.45) is 0 Å². The van der Waals surface area contributed by atoms with Gasteiger partial charge in [0.2, 0.25) is 0 Å². The normalized spacial score (nSPS) is 15.7. The topological polar surface area (TPSA) is 60.6 Å². The third-order valence-corrected chi connectivity index (χ3v) is 5.26. The highest BCUT2D eigenvalue weighted by atomic mass is 32.1. The summed E-state index contributed by atoms with van der Waals surface area (Å²) in [6.07, 6.45) is 1.73. The van der Waals surface area contributed by atoms with Gasteiger partial charge in [-0.2, -0.15) is 4.98 Å². The molecule has 0 spiro atoms. The van der Waals surface area contributed by atoms with Crippen LogP contribution in [-0.2, 0) is 11.3 Å². The second-order valence-corrected chi connectivity index (χ2v) is 7.20. The zero-order valence-electron chi connectivity index (χ0n) is 14.1. The maximum atomic E-state index is 6.02. The molecule has 4 heterocycles. The van der Waals surface area contributed by atoms with Crippen LogP contribution in [0.4, 0.5) is 0 Å². The fourth-order valence-corrected chi connectivity index (χ4v) is 3.88. The Morgan fingerprint density at radius 3 is 2.96 bits per heavy atom. The predicted octanol–water partition coefficient (Wildman–Crippen LogP) is 4.06. The Balaban J connectivity index is 1.36. The van der Waals surface area contributed by atoms with E-state index in [2.05, 4.69) is 20.9 Å². The van der Waals surface area contributed by atoms with E-state index in [1.807, 2.05) is 30.3 Å². The summed E-state index contributed by atoms with van der Waals surface area (Å²) in [6.45, 7) is 4.26. The van der Waals surface area contributed by atoms with E-state index in [4.69, 9.17) is 13.9 Å². The van der Waals surface area contributed by atoms with E-state index in [9.17, 15) is 0 Å². The molecule has 6 nitrogen and oxygen atoms in total. The molecule has 5 rings (SSSR count). The summed E-state index contributed by atoms with van der Waals surface area (Å²) < 4.78 is 18.3. The summed E-state index contributed by atoms with van der Waals surface area (Å²) in [7, 11) is 0. The van der Waals surface area contributed by atoms with Crippen LogP contribution in [0.5, 0.6) is 10.9 Å². The van der Waals surface area contributed by atoms with Gasteiger partial charge in [-0.25, -0.2) is 4.98 Å². The largest absolute Gasteiger partial charge is 0.460 e. The molecule has 4 aromatic rings. The molecule has 0 bridgehead atoms. The molecule has 1 aliphatic heterocycles. The molecule has 132 valence electrons. The van der Waals surface area contributed by atoms with Crippen LogP contribution in [0, 0.1) is 0 Å². The van der Waals surface area contributed by atoms with Crippen molar-refractivity contribution in [1.29, 1.82) is 0 Å². The number of benzene rings is 1. The van der Waals surface area contributed by atoms with Crippen LogP contribution in [-0.4, -0.2) is 41.2 Å². The van der Waals surface area contributed by atoms with Crippen LogP contribution in [0.2, 0.25) is 0 Å². The summed E-state index contributed by atoms with van der Waals surface area (Å²) in [5, 5.41) is 1.66. The van der Waals surface area contributed by atoms with E-state index in [1.54, 1.807) is 6.20 Å². The number of thiazole rings is 1. The molecule has 3 aromatic heterocycles. The summed E-state index contributed by atoms with van der Waals surface area (Å²) in [5.41, 5.74) is 1.53. The van der Waals surface area contributed by atoms with Crippen LogP contribution in [0.1, 0.15) is 5.76 Å². The van der Waals surface area contributed by atoms with Gasteiger partial charge in [-0.3, -0.25) is 4.90 Å². The fraction of sp³-hybridized carbons (Fsp3) is 0.263. The minimum atomic E-state index is 0.582. The molecule has 0 amide bonds. The van der Waals surface area contributed by atoms with Gasteiger partial charge in [-0.15, -0.1) is 0 Å². The molecule has 1 aliphatic rings. The minimum Gasteiger partial charge on any atom is -0.460 e. The van der Waals surface area contributed by atoms with Crippen LogP contribution < -0.4 is 4.74 Å². The monoisotopic (exact) mass is 367 g/mol. The number of hydrogen-bond donors (Lipinski definition) is 0. The first-order valence-corrected chi connectivity index (χ1v) is 9.37. The predicted molar refractivity (Wildman–Crippen MR) is 99.8 cm³/mol. The summed E-state index contributed by atoms with van der Waals surface area (Å²) >= 11 is 1.48. The number of ether oxygens (including phenoxy) is 2. The SMILES string of the molecule is c1cnc2nc(Oc3ccc4cc(CN5CCOCC5)oc4c3)sc2c1. The molecule has 1 aromatic carbocycles. The molecule has 1 saturated heterocycles. The Bertz CT molecular complexity index is 1020. The van der Waals surface area contributed by atoms with Crippen LogP contribution in [0.3, 0.4) is 0 Å². The molecule has 0 radical (unpaired) electrons. The summed E-state index contributed by atoms with van der Waals surface area (Å²) in [6, 6.07) is 11.8. The van der Waals surface area contributed by atoms with Gasteiger partial charge in [0.15, 0.2) is 5.65 Å². The second-order valence-electron chi connectivity index (χ2n) is 6.21. The van der Waals surface area contributed by atoms with E-state index in [0.29, 0.717) is 16.6 Å². The molecule has 0 aliphatic carbocycles. The van der Waals surface area contributed by atoms with Gasteiger partial charge < -0.3 is 13.9 Å². The highest BCUT2D eigenvalue weighted by molar-refractivity contribution is 7.20. The highest BCUT2D eigenvalue weighted by Crippen LogP contribution is 2.32. The maximum Gasteiger partial charge on any atom is 0.281 e. The number of rotatable bonds is 4. The first-order chi connectivity index (χ1) is 12.8. The van der Waals surface area contributed by atoms with Gasteiger partial charge in [0.1, 0.15) is 17.1 Å². The number of pyridine rings is 1. The number of furan rings is 1. The first-order valence-electron chi connectivity index (χ1n) is 8.55. The lowest BCUT2D eigenvalue weighted by Gasteiger charge is -2.25. The fourth-order valence-electron chi connectivity index (χ4n) is 3.08. The number of morpholine rings is 1. The molecule has 1 fully saturated rings. The van der Waals surface area contributed by atoms with Crippen molar-refractivity contribution in [2.75, 3.05) is 26.3 Å². The number of nitrogens with zero attached hydrogens (tertiary/aromatic N) is 3. The van der Waals surface area contributed by atoms with Gasteiger partial charge in [0.05, 0.1) is 24.5 Å². The zero-order valence-corrected chi connectivity index (χ0v) is 14.9. The van der Waals surface area contributed by atoms with Gasteiger partial charge in [0.25, 0.3) is 5.19 Å². The van der Waals surface area contributed by atoms with E-state index in [0.717, 1.165) is 54.3 Å². The molecule has 0 atom stereocenters. The van der Waals surface area contributed by atoms with E-state index in [-0.39, 0.29) is 0 Å². The van der Waals surface area contributed by atoms with Crippen LogP contribution in [0.15, 0.2) is 47.0 Å². The Labute approximate surface area is 154 Å². The van der Waals surface area contributed by atoms with Crippen molar-refractivity contribution >= 4 is 32.7 Å². The maximum absolute atomic E-state index is 6.02. The van der Waals surface area contributed by atoms with E-state index >= 15 is 0 Å². The van der Waals surface area contributed by atoms with Crippen molar-refractivity contribution in [3.8, 4) is 10.9 Å². The average molecular weight is 367 g/mol. The molecule has 26 heavy (non-hydrogen) atoms. The lowest BCUT2D eigenvalue weighted by atomic mass is 10.2. The van der Waals surface area contributed by atoms with Gasteiger partial charge in [-0.05, 0) is 30.3 Å². The molecule has 7 heteroatoms. The summed E-state index contributed by atoms with van der Waals surface area (Å²) in [5.74, 6) is 1.67. The smallest absolute Gasteiger partial charge is 0.281 e. The van der Waals surface area contributed by atoms with Gasteiger partial charge in [0, 0.05) is 30.7 Å². The van der Waals surface area contributed by atoms with E-state index in [1.165, 1.54) is 11.3 Å². The third-order valence-electron chi connectivity index (χ3n) is 4.38. The lowest BCUT2D eigenvalue weighted by molar-refractivity contribution is 0.0315. The number of hydrogen-bond acceptors (Lipinski definition) is 7. The van der Waals surface area contributed by atoms with E-state index < -0.39 is 0 Å². The van der Waals surface area contributed by atoms with Crippen molar-refractivity contribution in [3.63, 3.8) is 0 Å². The van der Waals surface area contributed by atoms with Gasteiger partial charge in [-0.1, -0.05) is 11.3 Å². The van der Waals surface area contributed by atoms with Crippen molar-refractivity contribution < 1.29 is 13.9 Å². The first kappa shape index (κ1) is 15.7. The second kappa shape index (κ2) is 6.68. The van der Waals surface area contributed by atoms with Crippen molar-refractivity contribution in [3.05, 3.63) is 48.4 Å². The quantitative estimate of drug-likeness (QED) is 0.542. The van der Waals surface area contributed by atoms with Crippen LogP contribution >= 0.6 is 11.3 Å². The number of aromatic nitrogens is 2. The Morgan fingerprint density at radius 2 is 2.08 bits per heavy atom. The standard InChI is InChI=1S/C19H17N3O3S/c1-2-17-18(20-5-1)21-19(26-17)25-14-4-3-13-10-15(24-16(13)11-14)12-22-6-8-23-9-7-22/h1-5,10-11H,6-9,12H2. The Hall–Kier alpha value is -2.48. The Kier molecular flexibility index (Phi) is 4.05. The number of fused-ring (bicyclic) bond motifs is 2. The summed E-state index contributed by atoms with van der Waals surface area (Å²) in [4.78, 5) is 11.0. The Morgan fingerprint density at radius 1 is 1.15 bits per heavy atom. The molecule has 0 saturated carbocycles. The lowest BCUT2D eigenvalue weighted by Crippen LogP contribution is -2.35. The van der Waals surface area contributed by atoms with Crippen molar-refractivity contribution in [1.82, 2.24) is 14.9 Å². The van der Waals surface area contributed by atoms with Crippen molar-refractivity contribution in [2.45, 2.75) is 6.54 Å². The van der Waals surface area contributed by atoms with Crippen LogP contribution in [0.25, 0.3) is 21.3 Å². The minimum absolute atomic E-state index is 0.582. The molecular weight excluding hydrogens is 350 g/mol.